The molecule has 1 heterocycles. The number of thioether (sulfide) groups is 1. The summed E-state index contributed by atoms with van der Waals surface area (Å²) >= 11 is 7.62. The summed E-state index contributed by atoms with van der Waals surface area (Å²) in [4.78, 5) is 17.7. The fourth-order valence-corrected chi connectivity index (χ4v) is 3.87. The van der Waals surface area contributed by atoms with E-state index in [2.05, 4.69) is 0 Å². The number of halogens is 1. The monoisotopic (exact) mass is 404 g/mol. The predicted octanol–water partition coefficient (Wildman–Crippen LogP) is 4.39. The van der Waals surface area contributed by atoms with Crippen LogP contribution in [0.25, 0.3) is 10.9 Å². The van der Waals surface area contributed by atoms with E-state index in [4.69, 9.17) is 26.1 Å². The molecule has 0 atom stereocenters. The molecule has 0 aliphatic heterocycles. The van der Waals surface area contributed by atoms with E-state index < -0.39 is 0 Å². The molecule has 7 heteroatoms. The van der Waals surface area contributed by atoms with Gasteiger partial charge in [-0.3, -0.25) is 9.36 Å². The molecule has 3 aromatic rings. The van der Waals surface area contributed by atoms with Crippen LogP contribution in [-0.2, 0) is 17.0 Å². The van der Waals surface area contributed by atoms with Crippen LogP contribution >= 0.6 is 23.4 Å². The fraction of sp³-hybridized carbons (Fsp3) is 0.300. The van der Waals surface area contributed by atoms with E-state index in [1.165, 1.54) is 11.8 Å². The smallest absolute Gasteiger partial charge is 0.262 e. The van der Waals surface area contributed by atoms with Crippen LogP contribution in [0.3, 0.4) is 0 Å². The van der Waals surface area contributed by atoms with Crippen molar-refractivity contribution in [3.8, 4) is 5.75 Å². The molecule has 0 aliphatic rings. The van der Waals surface area contributed by atoms with Crippen LogP contribution in [0.5, 0.6) is 5.75 Å². The Hall–Kier alpha value is -2.02. The second-order valence-corrected chi connectivity index (χ2v) is 7.37. The number of ether oxygens (including phenoxy) is 2. The summed E-state index contributed by atoms with van der Waals surface area (Å²) in [7, 11) is 3.30. The van der Waals surface area contributed by atoms with Gasteiger partial charge in [-0.25, -0.2) is 4.98 Å². The average Bonchev–Trinajstić information content (AvgIpc) is 2.68. The van der Waals surface area contributed by atoms with Crippen molar-refractivity contribution in [2.45, 2.75) is 23.9 Å². The summed E-state index contributed by atoms with van der Waals surface area (Å²) in [6.07, 6.45) is 0.743. The van der Waals surface area contributed by atoms with E-state index in [1.807, 2.05) is 24.3 Å². The molecule has 0 radical (unpaired) electrons. The summed E-state index contributed by atoms with van der Waals surface area (Å²) in [5.41, 5.74) is 1.70. The summed E-state index contributed by atoms with van der Waals surface area (Å²) in [5.74, 6) is 1.52. The highest BCUT2D eigenvalue weighted by molar-refractivity contribution is 7.98. The molecule has 0 saturated heterocycles. The molecule has 0 unspecified atom stereocenters. The average molecular weight is 405 g/mol. The van der Waals surface area contributed by atoms with E-state index in [1.54, 1.807) is 37.0 Å². The van der Waals surface area contributed by atoms with E-state index in [9.17, 15) is 4.79 Å². The maximum atomic E-state index is 13.0. The van der Waals surface area contributed by atoms with Gasteiger partial charge in [0.15, 0.2) is 5.16 Å². The predicted molar refractivity (Wildman–Crippen MR) is 110 cm³/mol. The maximum absolute atomic E-state index is 13.0. The molecule has 3 rings (SSSR count). The van der Waals surface area contributed by atoms with E-state index in [-0.39, 0.29) is 5.56 Å². The minimum absolute atomic E-state index is 0.0509. The van der Waals surface area contributed by atoms with Crippen LogP contribution < -0.4 is 10.3 Å². The molecule has 0 N–H and O–H groups in total. The third-order valence-corrected chi connectivity index (χ3v) is 5.42. The van der Waals surface area contributed by atoms with E-state index >= 15 is 0 Å². The van der Waals surface area contributed by atoms with Gasteiger partial charge in [-0.2, -0.15) is 0 Å². The maximum Gasteiger partial charge on any atom is 0.262 e. The van der Waals surface area contributed by atoms with Gasteiger partial charge in [0.1, 0.15) is 5.75 Å². The molecule has 5 nitrogen and oxygen atoms in total. The van der Waals surface area contributed by atoms with Gasteiger partial charge in [-0.1, -0.05) is 35.5 Å². The molecular formula is C20H21ClN2O3S. The van der Waals surface area contributed by atoms with Crippen LogP contribution in [0, 0.1) is 0 Å². The second-order valence-electron chi connectivity index (χ2n) is 6.00. The first-order valence-electron chi connectivity index (χ1n) is 8.57. The molecule has 0 amide bonds. The van der Waals surface area contributed by atoms with Gasteiger partial charge < -0.3 is 9.47 Å². The molecular weight excluding hydrogens is 384 g/mol. The van der Waals surface area contributed by atoms with Gasteiger partial charge in [-0.05, 0) is 42.3 Å². The van der Waals surface area contributed by atoms with E-state index in [0.29, 0.717) is 40.0 Å². The van der Waals surface area contributed by atoms with Crippen LogP contribution in [0.4, 0.5) is 0 Å². The number of hydrogen-bond donors (Lipinski definition) is 0. The zero-order chi connectivity index (χ0) is 19.2. The van der Waals surface area contributed by atoms with Crippen molar-refractivity contribution in [3.63, 3.8) is 0 Å². The Morgan fingerprint density at radius 1 is 1.15 bits per heavy atom. The Morgan fingerprint density at radius 3 is 2.63 bits per heavy atom. The zero-order valence-corrected chi connectivity index (χ0v) is 16.8. The summed E-state index contributed by atoms with van der Waals surface area (Å²) in [5, 5.41) is 1.82. The highest BCUT2D eigenvalue weighted by atomic mass is 35.5. The first kappa shape index (κ1) is 19.7. The Morgan fingerprint density at radius 2 is 1.93 bits per heavy atom. The van der Waals surface area contributed by atoms with Crippen molar-refractivity contribution < 1.29 is 9.47 Å². The van der Waals surface area contributed by atoms with Crippen LogP contribution in [-0.4, -0.2) is 30.4 Å². The van der Waals surface area contributed by atoms with Crippen molar-refractivity contribution in [1.29, 1.82) is 0 Å². The SMILES string of the molecule is COCCCn1c(SCc2ccc(OC)cc2)nc2cc(Cl)ccc2c1=O. The summed E-state index contributed by atoms with van der Waals surface area (Å²) < 4.78 is 12.0. The van der Waals surface area contributed by atoms with Crippen molar-refractivity contribution in [2.75, 3.05) is 20.8 Å². The second kappa shape index (κ2) is 9.26. The molecule has 142 valence electrons. The van der Waals surface area contributed by atoms with Crippen molar-refractivity contribution in [2.24, 2.45) is 0 Å². The van der Waals surface area contributed by atoms with Gasteiger partial charge in [0.25, 0.3) is 5.56 Å². The first-order chi connectivity index (χ1) is 13.1. The van der Waals surface area contributed by atoms with Crippen molar-refractivity contribution in [3.05, 3.63) is 63.4 Å². The van der Waals surface area contributed by atoms with Crippen molar-refractivity contribution >= 4 is 34.3 Å². The Balaban J connectivity index is 1.92. The molecule has 0 spiro atoms. The fourth-order valence-electron chi connectivity index (χ4n) is 2.72. The number of fused-ring (bicyclic) bond motifs is 1. The number of rotatable bonds is 8. The minimum Gasteiger partial charge on any atom is -0.497 e. The summed E-state index contributed by atoms with van der Waals surface area (Å²) in [6.45, 7) is 1.15. The van der Waals surface area contributed by atoms with E-state index in [0.717, 1.165) is 17.7 Å². The standard InChI is InChI=1S/C20H21ClN2O3S/c1-25-11-3-10-23-19(24)17-9-6-15(21)12-18(17)22-20(23)27-13-14-4-7-16(26-2)8-5-14/h4-9,12H,3,10-11,13H2,1-2H3. The Kier molecular flexibility index (Phi) is 6.77. The topological polar surface area (TPSA) is 53.4 Å². The highest BCUT2D eigenvalue weighted by Crippen LogP contribution is 2.24. The minimum atomic E-state index is -0.0509. The number of benzene rings is 2. The summed E-state index contributed by atoms with van der Waals surface area (Å²) in [6, 6.07) is 13.1. The lowest BCUT2D eigenvalue weighted by atomic mass is 10.2. The third-order valence-electron chi connectivity index (χ3n) is 4.14. The zero-order valence-electron chi connectivity index (χ0n) is 15.3. The third kappa shape index (κ3) is 4.83. The number of methoxy groups -OCH3 is 2. The molecule has 0 fully saturated rings. The lowest BCUT2D eigenvalue weighted by molar-refractivity contribution is 0.189. The molecule has 0 aliphatic carbocycles. The van der Waals surface area contributed by atoms with Crippen LogP contribution in [0.15, 0.2) is 52.4 Å². The first-order valence-corrected chi connectivity index (χ1v) is 9.93. The van der Waals surface area contributed by atoms with Gasteiger partial charge in [0.2, 0.25) is 0 Å². The molecule has 27 heavy (non-hydrogen) atoms. The lowest BCUT2D eigenvalue weighted by Crippen LogP contribution is -2.24. The van der Waals surface area contributed by atoms with Gasteiger partial charge in [-0.15, -0.1) is 0 Å². The molecule has 1 aromatic heterocycles. The van der Waals surface area contributed by atoms with Crippen molar-refractivity contribution in [1.82, 2.24) is 9.55 Å². The number of hydrogen-bond acceptors (Lipinski definition) is 5. The largest absolute Gasteiger partial charge is 0.497 e. The van der Waals surface area contributed by atoms with Gasteiger partial charge in [0.05, 0.1) is 18.0 Å². The number of nitrogens with zero attached hydrogens (tertiary/aromatic N) is 2. The molecule has 2 aromatic carbocycles. The van der Waals surface area contributed by atoms with Crippen LogP contribution in [0.2, 0.25) is 5.02 Å². The molecule has 0 saturated carbocycles. The highest BCUT2D eigenvalue weighted by Gasteiger charge is 2.12. The Labute approximate surface area is 167 Å². The number of aromatic nitrogens is 2. The van der Waals surface area contributed by atoms with Gasteiger partial charge >= 0.3 is 0 Å². The quantitative estimate of drug-likeness (QED) is 0.316. The molecule has 0 bridgehead atoms. The van der Waals surface area contributed by atoms with Crippen LogP contribution in [0.1, 0.15) is 12.0 Å². The normalized spacial score (nSPS) is 11.1. The lowest BCUT2D eigenvalue weighted by Gasteiger charge is -2.13. The Bertz CT molecular complexity index is 973. The van der Waals surface area contributed by atoms with Gasteiger partial charge in [0, 0.05) is 31.0 Å².